The topological polar surface area (TPSA) is 61.6 Å². The second-order valence-electron chi connectivity index (χ2n) is 7.23. The molecule has 0 saturated carbocycles. The molecule has 6 heteroatoms. The first kappa shape index (κ1) is 18.9. The Balaban J connectivity index is 1.78. The normalized spacial score (nSPS) is 18.0. The van der Waals surface area contributed by atoms with Crippen molar-refractivity contribution < 1.29 is 9.32 Å². The highest BCUT2D eigenvalue weighted by Gasteiger charge is 2.19. The predicted octanol–water partition coefficient (Wildman–Crippen LogP) is 2.37. The van der Waals surface area contributed by atoms with Gasteiger partial charge in [-0.05, 0) is 32.2 Å². The minimum atomic E-state index is -0.142. The van der Waals surface area contributed by atoms with Crippen molar-refractivity contribution in [2.45, 2.75) is 53.1 Å². The maximum atomic E-state index is 12.2. The van der Waals surface area contributed by atoms with Crippen LogP contribution in [-0.2, 0) is 6.54 Å². The minimum absolute atomic E-state index is 0.142. The molecule has 0 spiro atoms. The fraction of sp³-hybridized carbons (Fsp3) is 0.778. The second-order valence-corrected chi connectivity index (χ2v) is 7.23. The summed E-state index contributed by atoms with van der Waals surface area (Å²) >= 11 is 0. The number of carbonyl (C=O) groups excluding carboxylic acids is 1. The number of hydrogen-bond acceptors (Lipinski definition) is 5. The quantitative estimate of drug-likeness (QED) is 0.790. The van der Waals surface area contributed by atoms with Gasteiger partial charge in [-0.2, -0.15) is 0 Å². The largest absolute Gasteiger partial charge is 0.359 e. The van der Waals surface area contributed by atoms with Crippen molar-refractivity contribution in [2.24, 2.45) is 5.92 Å². The molecule has 0 bridgehead atoms. The summed E-state index contributed by atoms with van der Waals surface area (Å²) in [4.78, 5) is 17.0. The number of amides is 1. The first-order chi connectivity index (χ1) is 11.5. The number of likely N-dealkylation sites (N-methyl/N-ethyl adjacent to an activating group) is 1. The molecule has 1 aromatic rings. The van der Waals surface area contributed by atoms with Crippen LogP contribution in [-0.4, -0.2) is 59.6 Å². The third kappa shape index (κ3) is 5.91. The van der Waals surface area contributed by atoms with Gasteiger partial charge in [-0.25, -0.2) is 0 Å². The van der Waals surface area contributed by atoms with Crippen LogP contribution in [0.25, 0.3) is 0 Å². The number of nitrogens with one attached hydrogen (secondary N) is 1. The SMILES string of the molecule is CCN1CCN(Cc2cc(C(=O)NC(C)CCC(C)C)no2)CC1. The van der Waals surface area contributed by atoms with Crippen LogP contribution in [0.15, 0.2) is 10.6 Å². The molecule has 1 saturated heterocycles. The minimum Gasteiger partial charge on any atom is -0.359 e. The summed E-state index contributed by atoms with van der Waals surface area (Å²) in [7, 11) is 0. The van der Waals surface area contributed by atoms with Crippen LogP contribution in [0.3, 0.4) is 0 Å². The number of piperazine rings is 1. The third-order valence-electron chi connectivity index (χ3n) is 4.64. The number of rotatable bonds is 8. The zero-order valence-electron chi connectivity index (χ0n) is 15.5. The summed E-state index contributed by atoms with van der Waals surface area (Å²) in [5.74, 6) is 1.27. The van der Waals surface area contributed by atoms with Gasteiger partial charge >= 0.3 is 0 Å². The smallest absolute Gasteiger partial charge is 0.273 e. The highest BCUT2D eigenvalue weighted by Crippen LogP contribution is 2.11. The third-order valence-corrected chi connectivity index (χ3v) is 4.64. The summed E-state index contributed by atoms with van der Waals surface area (Å²) in [5.41, 5.74) is 0.383. The van der Waals surface area contributed by atoms with E-state index in [1.54, 1.807) is 6.07 Å². The Morgan fingerprint density at radius 2 is 1.88 bits per heavy atom. The second kappa shape index (κ2) is 9.18. The van der Waals surface area contributed by atoms with Crippen LogP contribution in [0.5, 0.6) is 0 Å². The molecular formula is C18H32N4O2. The van der Waals surface area contributed by atoms with E-state index >= 15 is 0 Å². The fourth-order valence-corrected chi connectivity index (χ4v) is 2.93. The van der Waals surface area contributed by atoms with Crippen molar-refractivity contribution in [3.8, 4) is 0 Å². The van der Waals surface area contributed by atoms with E-state index in [0.29, 0.717) is 11.6 Å². The predicted molar refractivity (Wildman–Crippen MR) is 94.9 cm³/mol. The Labute approximate surface area is 145 Å². The summed E-state index contributed by atoms with van der Waals surface area (Å²) in [5, 5.41) is 6.94. The van der Waals surface area contributed by atoms with Crippen molar-refractivity contribution in [3.63, 3.8) is 0 Å². The molecule has 24 heavy (non-hydrogen) atoms. The molecule has 1 amide bonds. The zero-order valence-corrected chi connectivity index (χ0v) is 15.5. The molecule has 1 N–H and O–H groups in total. The maximum absolute atomic E-state index is 12.2. The van der Waals surface area contributed by atoms with Crippen molar-refractivity contribution in [1.29, 1.82) is 0 Å². The molecule has 6 nitrogen and oxygen atoms in total. The van der Waals surface area contributed by atoms with Gasteiger partial charge in [0.2, 0.25) is 0 Å². The molecule has 1 aliphatic rings. The van der Waals surface area contributed by atoms with Gasteiger partial charge in [0.25, 0.3) is 5.91 Å². The lowest BCUT2D eigenvalue weighted by molar-refractivity contribution is 0.0927. The maximum Gasteiger partial charge on any atom is 0.273 e. The lowest BCUT2D eigenvalue weighted by Crippen LogP contribution is -2.45. The van der Waals surface area contributed by atoms with Gasteiger partial charge in [0.15, 0.2) is 11.5 Å². The molecule has 1 aromatic heterocycles. The summed E-state index contributed by atoms with van der Waals surface area (Å²) in [6, 6.07) is 1.93. The lowest BCUT2D eigenvalue weighted by Gasteiger charge is -2.33. The molecule has 0 aliphatic carbocycles. The van der Waals surface area contributed by atoms with Crippen LogP contribution in [0.1, 0.15) is 56.8 Å². The van der Waals surface area contributed by atoms with E-state index in [-0.39, 0.29) is 11.9 Å². The van der Waals surface area contributed by atoms with Crippen molar-refractivity contribution in [1.82, 2.24) is 20.3 Å². The van der Waals surface area contributed by atoms with Gasteiger partial charge in [0.1, 0.15) is 0 Å². The van der Waals surface area contributed by atoms with E-state index in [1.165, 1.54) is 0 Å². The summed E-state index contributed by atoms with van der Waals surface area (Å²) in [6.45, 7) is 14.7. The molecule has 2 rings (SSSR count). The van der Waals surface area contributed by atoms with Crippen molar-refractivity contribution >= 4 is 5.91 Å². The van der Waals surface area contributed by atoms with Crippen LogP contribution in [0, 0.1) is 5.92 Å². The van der Waals surface area contributed by atoms with Gasteiger partial charge in [-0.1, -0.05) is 25.9 Å². The first-order valence-electron chi connectivity index (χ1n) is 9.19. The van der Waals surface area contributed by atoms with E-state index in [1.807, 2.05) is 6.92 Å². The van der Waals surface area contributed by atoms with Gasteiger partial charge < -0.3 is 14.7 Å². The van der Waals surface area contributed by atoms with Gasteiger partial charge in [0, 0.05) is 38.3 Å². The number of carbonyl (C=O) groups is 1. The molecular weight excluding hydrogens is 304 g/mol. The Morgan fingerprint density at radius 1 is 1.21 bits per heavy atom. The monoisotopic (exact) mass is 336 g/mol. The van der Waals surface area contributed by atoms with E-state index < -0.39 is 0 Å². The molecule has 1 fully saturated rings. The lowest BCUT2D eigenvalue weighted by atomic mass is 10.0. The number of nitrogens with zero attached hydrogens (tertiary/aromatic N) is 3. The van der Waals surface area contributed by atoms with Crippen LogP contribution in [0.4, 0.5) is 0 Å². The molecule has 0 aromatic carbocycles. The zero-order chi connectivity index (χ0) is 17.5. The highest BCUT2D eigenvalue weighted by atomic mass is 16.5. The Morgan fingerprint density at radius 3 is 2.50 bits per heavy atom. The Bertz CT molecular complexity index is 507. The van der Waals surface area contributed by atoms with Crippen molar-refractivity contribution in [3.05, 3.63) is 17.5 Å². The average Bonchev–Trinajstić information content (AvgIpc) is 3.02. The molecule has 136 valence electrons. The Hall–Kier alpha value is -1.40. The first-order valence-corrected chi connectivity index (χ1v) is 9.19. The average molecular weight is 336 g/mol. The highest BCUT2D eigenvalue weighted by molar-refractivity contribution is 5.92. The van der Waals surface area contributed by atoms with Gasteiger partial charge in [-0.3, -0.25) is 9.69 Å². The van der Waals surface area contributed by atoms with Crippen LogP contribution < -0.4 is 5.32 Å². The number of aromatic nitrogens is 1. The number of hydrogen-bond donors (Lipinski definition) is 1. The van der Waals surface area contributed by atoms with Crippen molar-refractivity contribution in [2.75, 3.05) is 32.7 Å². The summed E-state index contributed by atoms with van der Waals surface area (Å²) in [6.07, 6.45) is 2.09. The molecule has 1 aliphatic heterocycles. The van der Waals surface area contributed by atoms with E-state index in [2.05, 4.69) is 41.0 Å². The van der Waals surface area contributed by atoms with Gasteiger partial charge in [-0.15, -0.1) is 0 Å². The Kier molecular flexibility index (Phi) is 7.24. The molecule has 1 atom stereocenters. The molecule has 0 radical (unpaired) electrons. The summed E-state index contributed by atoms with van der Waals surface area (Å²) < 4.78 is 5.36. The van der Waals surface area contributed by atoms with E-state index in [9.17, 15) is 4.79 Å². The standard InChI is InChI=1S/C18H32N4O2/c1-5-21-8-10-22(11-9-21)13-16-12-17(20-24-16)18(23)19-15(4)7-6-14(2)3/h12,14-15H,5-11,13H2,1-4H3,(H,19,23). The van der Waals surface area contributed by atoms with Gasteiger partial charge in [0.05, 0.1) is 6.54 Å². The molecule has 1 unspecified atom stereocenters. The fourth-order valence-electron chi connectivity index (χ4n) is 2.93. The molecule has 2 heterocycles. The van der Waals surface area contributed by atoms with Crippen LogP contribution in [0.2, 0.25) is 0 Å². The van der Waals surface area contributed by atoms with Crippen LogP contribution >= 0.6 is 0 Å². The van der Waals surface area contributed by atoms with E-state index in [0.717, 1.165) is 57.9 Å². The van der Waals surface area contributed by atoms with E-state index in [4.69, 9.17) is 4.52 Å².